The van der Waals surface area contributed by atoms with Gasteiger partial charge in [0.1, 0.15) is 17.8 Å². The number of hydrogen-bond donors (Lipinski definition) is 1. The van der Waals surface area contributed by atoms with Crippen molar-refractivity contribution < 1.29 is 19.1 Å². The average Bonchev–Trinajstić information content (AvgIpc) is 3.34. The van der Waals surface area contributed by atoms with Crippen LogP contribution in [0.1, 0.15) is 42.5 Å². The number of rotatable bonds is 5. The minimum atomic E-state index is -1.18. The Bertz CT molecular complexity index is 1000. The molecule has 2 saturated heterocycles. The fraction of sp³-hybridized carbons (Fsp3) is 0.375. The molecule has 0 radical (unpaired) electrons. The van der Waals surface area contributed by atoms with Gasteiger partial charge in [-0.25, -0.2) is 4.79 Å². The fourth-order valence-corrected chi connectivity index (χ4v) is 4.39. The zero-order valence-corrected chi connectivity index (χ0v) is 18.1. The SMILES string of the molecule is COc1ccc([C@@H]2CCCN2C(=O)CN2C(=O)N[C@](C)(c3ccc(C)cc3)C2=O)cc1. The first-order valence-corrected chi connectivity index (χ1v) is 10.5. The van der Waals surface area contributed by atoms with Gasteiger partial charge in [-0.1, -0.05) is 42.0 Å². The molecule has 1 N–H and O–H groups in total. The third-order valence-electron chi connectivity index (χ3n) is 6.27. The standard InChI is InChI=1S/C24H27N3O4/c1-16-6-10-18(11-7-16)24(2)22(29)27(23(30)25-24)15-21(28)26-14-4-5-20(26)17-8-12-19(31-3)13-9-17/h6-13,20H,4-5,14-15H2,1-3H3,(H,25,30)/t20-,24+/m0/s1. The molecule has 31 heavy (non-hydrogen) atoms. The van der Waals surface area contributed by atoms with E-state index in [1.165, 1.54) is 0 Å². The van der Waals surface area contributed by atoms with Crippen LogP contribution < -0.4 is 10.1 Å². The number of hydrogen-bond acceptors (Lipinski definition) is 4. The lowest BCUT2D eigenvalue weighted by Gasteiger charge is -2.27. The molecule has 2 aromatic carbocycles. The molecule has 2 heterocycles. The number of amides is 4. The van der Waals surface area contributed by atoms with Crippen molar-refractivity contribution >= 4 is 17.8 Å². The first-order valence-electron chi connectivity index (χ1n) is 10.5. The summed E-state index contributed by atoms with van der Waals surface area (Å²) in [5.41, 5.74) is 1.61. The Labute approximate surface area is 182 Å². The lowest BCUT2D eigenvalue weighted by Crippen LogP contribution is -2.44. The average molecular weight is 421 g/mol. The van der Waals surface area contributed by atoms with Crippen LogP contribution in [0, 0.1) is 6.92 Å². The summed E-state index contributed by atoms with van der Waals surface area (Å²) >= 11 is 0. The predicted molar refractivity (Wildman–Crippen MR) is 115 cm³/mol. The molecule has 0 spiro atoms. The molecule has 2 fully saturated rings. The molecular formula is C24H27N3O4. The van der Waals surface area contributed by atoms with Crippen LogP contribution in [0.4, 0.5) is 4.79 Å². The number of aryl methyl sites for hydroxylation is 1. The number of methoxy groups -OCH3 is 1. The Balaban J connectivity index is 1.50. The summed E-state index contributed by atoms with van der Waals surface area (Å²) in [5.74, 6) is 0.124. The van der Waals surface area contributed by atoms with Crippen LogP contribution in [0.2, 0.25) is 0 Å². The summed E-state index contributed by atoms with van der Waals surface area (Å²) in [6.45, 7) is 3.98. The predicted octanol–water partition coefficient (Wildman–Crippen LogP) is 3.13. The van der Waals surface area contributed by atoms with Gasteiger partial charge in [-0.05, 0) is 49.9 Å². The van der Waals surface area contributed by atoms with Gasteiger partial charge >= 0.3 is 6.03 Å². The van der Waals surface area contributed by atoms with E-state index < -0.39 is 17.5 Å². The minimum absolute atomic E-state index is 0.0670. The van der Waals surface area contributed by atoms with Crippen molar-refractivity contribution in [2.24, 2.45) is 0 Å². The van der Waals surface area contributed by atoms with E-state index in [1.807, 2.05) is 55.5 Å². The van der Waals surface area contributed by atoms with E-state index in [0.29, 0.717) is 12.1 Å². The number of nitrogens with one attached hydrogen (secondary N) is 1. The molecule has 7 heteroatoms. The van der Waals surface area contributed by atoms with Gasteiger partial charge in [0, 0.05) is 6.54 Å². The van der Waals surface area contributed by atoms with Crippen LogP contribution in [0.15, 0.2) is 48.5 Å². The Morgan fingerprint density at radius 3 is 2.45 bits per heavy atom. The van der Waals surface area contributed by atoms with Gasteiger partial charge in [-0.3, -0.25) is 14.5 Å². The van der Waals surface area contributed by atoms with Gasteiger partial charge in [0.15, 0.2) is 0 Å². The van der Waals surface area contributed by atoms with Gasteiger partial charge in [0.05, 0.1) is 13.2 Å². The lowest BCUT2D eigenvalue weighted by molar-refractivity contribution is -0.139. The summed E-state index contributed by atoms with van der Waals surface area (Å²) in [6.07, 6.45) is 1.73. The molecule has 0 saturated carbocycles. The molecule has 2 aliphatic heterocycles. The lowest BCUT2D eigenvalue weighted by atomic mass is 9.91. The van der Waals surface area contributed by atoms with Crippen LogP contribution in [0.3, 0.4) is 0 Å². The van der Waals surface area contributed by atoms with Crippen LogP contribution in [0.25, 0.3) is 0 Å². The van der Waals surface area contributed by atoms with Crippen molar-refractivity contribution in [3.8, 4) is 5.75 Å². The van der Waals surface area contributed by atoms with Crippen molar-refractivity contribution in [2.45, 2.75) is 38.3 Å². The summed E-state index contributed by atoms with van der Waals surface area (Å²) < 4.78 is 5.21. The number of ether oxygens (including phenoxy) is 1. The van der Waals surface area contributed by atoms with Crippen LogP contribution in [-0.2, 0) is 15.1 Å². The number of likely N-dealkylation sites (tertiary alicyclic amines) is 1. The Morgan fingerprint density at radius 1 is 1.13 bits per heavy atom. The highest BCUT2D eigenvalue weighted by molar-refractivity contribution is 6.09. The quantitative estimate of drug-likeness (QED) is 0.753. The largest absolute Gasteiger partial charge is 0.497 e. The second-order valence-corrected chi connectivity index (χ2v) is 8.33. The molecule has 2 atom stereocenters. The van der Waals surface area contributed by atoms with Crippen LogP contribution in [-0.4, -0.2) is 47.8 Å². The molecule has 7 nitrogen and oxygen atoms in total. The molecule has 0 unspecified atom stereocenters. The minimum Gasteiger partial charge on any atom is -0.497 e. The Kier molecular flexibility index (Phi) is 5.43. The summed E-state index contributed by atoms with van der Waals surface area (Å²) in [5, 5.41) is 2.77. The van der Waals surface area contributed by atoms with Crippen molar-refractivity contribution in [1.29, 1.82) is 0 Å². The summed E-state index contributed by atoms with van der Waals surface area (Å²) in [7, 11) is 1.61. The van der Waals surface area contributed by atoms with Crippen molar-refractivity contribution in [3.63, 3.8) is 0 Å². The van der Waals surface area contributed by atoms with E-state index >= 15 is 0 Å². The number of carbonyl (C=O) groups is 3. The van der Waals surface area contributed by atoms with Gasteiger partial charge in [-0.15, -0.1) is 0 Å². The summed E-state index contributed by atoms with van der Waals surface area (Å²) in [4.78, 5) is 41.7. The number of carbonyl (C=O) groups excluding carboxylic acids is 3. The van der Waals surface area contributed by atoms with E-state index in [2.05, 4.69) is 5.32 Å². The first-order chi connectivity index (χ1) is 14.8. The van der Waals surface area contributed by atoms with Gasteiger partial charge in [-0.2, -0.15) is 0 Å². The fourth-order valence-electron chi connectivity index (χ4n) is 4.39. The summed E-state index contributed by atoms with van der Waals surface area (Å²) in [6, 6.07) is 14.5. The van der Waals surface area contributed by atoms with Gasteiger partial charge in [0.25, 0.3) is 5.91 Å². The van der Waals surface area contributed by atoms with E-state index in [9.17, 15) is 14.4 Å². The second kappa shape index (κ2) is 8.06. The van der Waals surface area contributed by atoms with E-state index in [1.54, 1.807) is 18.9 Å². The Morgan fingerprint density at radius 2 is 1.81 bits per heavy atom. The van der Waals surface area contributed by atoms with E-state index in [4.69, 9.17) is 4.74 Å². The molecular weight excluding hydrogens is 394 g/mol. The van der Waals surface area contributed by atoms with Gasteiger partial charge in [0.2, 0.25) is 5.91 Å². The number of imide groups is 1. The van der Waals surface area contributed by atoms with Crippen molar-refractivity contribution in [1.82, 2.24) is 15.1 Å². The molecule has 4 amide bonds. The molecule has 0 aliphatic carbocycles. The van der Waals surface area contributed by atoms with Crippen LogP contribution >= 0.6 is 0 Å². The first kappa shape index (κ1) is 20.9. The molecule has 0 bridgehead atoms. The van der Waals surface area contributed by atoms with E-state index in [-0.39, 0.29) is 18.5 Å². The highest BCUT2D eigenvalue weighted by Crippen LogP contribution is 2.34. The molecule has 0 aromatic heterocycles. The molecule has 2 aromatic rings. The normalized spacial score (nSPS) is 23.3. The van der Waals surface area contributed by atoms with Crippen molar-refractivity contribution in [3.05, 3.63) is 65.2 Å². The zero-order chi connectivity index (χ0) is 22.2. The van der Waals surface area contributed by atoms with Crippen LogP contribution in [0.5, 0.6) is 5.75 Å². The smallest absolute Gasteiger partial charge is 0.325 e. The maximum absolute atomic E-state index is 13.2. The third kappa shape index (κ3) is 3.76. The number of urea groups is 1. The molecule has 2 aliphatic rings. The molecule has 4 rings (SSSR count). The van der Waals surface area contributed by atoms with Crippen molar-refractivity contribution in [2.75, 3.05) is 20.2 Å². The number of nitrogens with zero attached hydrogens (tertiary/aromatic N) is 2. The highest BCUT2D eigenvalue weighted by atomic mass is 16.5. The topological polar surface area (TPSA) is 79.0 Å². The molecule has 162 valence electrons. The van der Waals surface area contributed by atoms with E-state index in [0.717, 1.165) is 34.6 Å². The maximum atomic E-state index is 13.2. The number of benzene rings is 2. The van der Waals surface area contributed by atoms with Gasteiger partial charge < -0.3 is 15.0 Å². The zero-order valence-electron chi connectivity index (χ0n) is 18.1. The maximum Gasteiger partial charge on any atom is 0.325 e. The Hall–Kier alpha value is -3.35. The third-order valence-corrected chi connectivity index (χ3v) is 6.27. The monoisotopic (exact) mass is 421 g/mol. The highest BCUT2D eigenvalue weighted by Gasteiger charge is 2.50. The second-order valence-electron chi connectivity index (χ2n) is 8.33.